The highest BCUT2D eigenvalue weighted by Crippen LogP contribution is 2.25. The first-order valence-electron chi connectivity index (χ1n) is 11.5. The fraction of sp³-hybridized carbons (Fsp3) is 0.360. The maximum Gasteiger partial charge on any atom is 0.328 e. The van der Waals surface area contributed by atoms with Crippen molar-refractivity contribution in [1.29, 1.82) is 0 Å². The van der Waals surface area contributed by atoms with E-state index >= 15 is 0 Å². The number of benzene rings is 2. The van der Waals surface area contributed by atoms with Crippen molar-refractivity contribution in [3.8, 4) is 0 Å². The molecule has 200 valence electrons. The second-order valence-electron chi connectivity index (χ2n) is 7.97. The molecular formula is C25H26Cl4N2O6. The molecule has 2 aromatic carbocycles. The predicted octanol–water partition coefficient (Wildman–Crippen LogP) is 5.80. The van der Waals surface area contributed by atoms with Crippen LogP contribution in [0.3, 0.4) is 0 Å². The van der Waals surface area contributed by atoms with Crippen molar-refractivity contribution in [3.05, 3.63) is 67.6 Å². The highest BCUT2D eigenvalue weighted by Gasteiger charge is 2.26. The minimum absolute atomic E-state index is 0.00345. The van der Waals surface area contributed by atoms with Crippen LogP contribution in [0.15, 0.2) is 36.4 Å². The number of aliphatic carboxylic acids is 1. The number of carboxylic acid groups (broad SMARTS) is 1. The lowest BCUT2D eigenvalue weighted by atomic mass is 10.0. The van der Waals surface area contributed by atoms with Crippen LogP contribution in [-0.4, -0.2) is 47.6 Å². The number of unbranched alkanes of at least 4 members (excludes halogenated alkanes) is 2. The van der Waals surface area contributed by atoms with Gasteiger partial charge in [0.25, 0.3) is 11.8 Å². The van der Waals surface area contributed by atoms with Gasteiger partial charge in [-0.2, -0.15) is 0 Å². The van der Waals surface area contributed by atoms with Gasteiger partial charge in [0.1, 0.15) is 12.1 Å². The maximum absolute atomic E-state index is 12.7. The van der Waals surface area contributed by atoms with E-state index in [1.165, 1.54) is 24.3 Å². The normalized spacial score (nSPS) is 12.4. The van der Waals surface area contributed by atoms with Crippen molar-refractivity contribution in [3.63, 3.8) is 0 Å². The number of ether oxygens (including phenoxy) is 1. The average molecular weight is 592 g/mol. The Kier molecular flexibility index (Phi) is 12.5. The zero-order valence-corrected chi connectivity index (χ0v) is 22.9. The number of hydrogen-bond acceptors (Lipinski definition) is 5. The second kappa shape index (κ2) is 15.0. The Bertz CT molecular complexity index is 1100. The Balaban J connectivity index is 1.93. The molecule has 0 saturated carbocycles. The van der Waals surface area contributed by atoms with Crippen LogP contribution in [-0.2, 0) is 14.3 Å². The van der Waals surface area contributed by atoms with Crippen molar-refractivity contribution in [2.45, 2.75) is 51.1 Å². The molecule has 0 spiro atoms. The number of nitrogens with one attached hydrogen (secondary N) is 2. The summed E-state index contributed by atoms with van der Waals surface area (Å²) in [6.45, 7) is 1.78. The van der Waals surface area contributed by atoms with Crippen molar-refractivity contribution >= 4 is 70.2 Å². The molecule has 0 fully saturated rings. The second-order valence-corrected chi connectivity index (χ2v) is 9.60. The van der Waals surface area contributed by atoms with Gasteiger partial charge in [0.05, 0.1) is 37.8 Å². The molecule has 0 radical (unpaired) electrons. The number of halogens is 4. The van der Waals surface area contributed by atoms with E-state index in [0.29, 0.717) is 19.3 Å². The lowest BCUT2D eigenvalue weighted by molar-refractivity contribution is -0.145. The zero-order chi connectivity index (χ0) is 27.5. The summed E-state index contributed by atoms with van der Waals surface area (Å²) in [5.41, 5.74) is 0.0579. The first kappa shape index (κ1) is 30.7. The standard InChI is InChI=1S/C25H26Cl4N2O6/c1-2-37-25(36)19(31-23(33)21-16(28)10-7-11-17(21)29)13-5-3-4-12-18(24(34)35)30-22(32)20-14(26)8-6-9-15(20)27/h6-11,18-19H,2-5,12-13H2,1H3,(H,30,32)(H,31,33)(H,34,35). The van der Waals surface area contributed by atoms with E-state index in [1.54, 1.807) is 19.1 Å². The number of esters is 1. The monoisotopic (exact) mass is 590 g/mol. The summed E-state index contributed by atoms with van der Waals surface area (Å²) in [6.07, 6.45) is 1.79. The molecule has 0 bridgehead atoms. The Morgan fingerprint density at radius 1 is 0.757 bits per heavy atom. The van der Waals surface area contributed by atoms with E-state index in [2.05, 4.69) is 10.6 Å². The summed E-state index contributed by atoms with van der Waals surface area (Å²) in [6, 6.07) is 7.05. The molecule has 12 heteroatoms. The molecule has 0 aromatic heterocycles. The third-order valence-corrected chi connectivity index (χ3v) is 6.60. The zero-order valence-electron chi connectivity index (χ0n) is 19.9. The topological polar surface area (TPSA) is 122 Å². The molecule has 2 amide bonds. The van der Waals surface area contributed by atoms with Gasteiger partial charge < -0.3 is 20.5 Å². The molecule has 2 unspecified atom stereocenters. The molecule has 8 nitrogen and oxygen atoms in total. The van der Waals surface area contributed by atoms with Crippen molar-refractivity contribution in [1.82, 2.24) is 10.6 Å². The smallest absolute Gasteiger partial charge is 0.328 e. The number of hydrogen-bond donors (Lipinski definition) is 3. The van der Waals surface area contributed by atoms with E-state index in [4.69, 9.17) is 51.1 Å². The van der Waals surface area contributed by atoms with Gasteiger partial charge in [-0.25, -0.2) is 9.59 Å². The quantitative estimate of drug-likeness (QED) is 0.200. The predicted molar refractivity (Wildman–Crippen MR) is 143 cm³/mol. The Morgan fingerprint density at radius 3 is 1.57 bits per heavy atom. The van der Waals surface area contributed by atoms with Gasteiger partial charge in [0.2, 0.25) is 0 Å². The van der Waals surface area contributed by atoms with Gasteiger partial charge in [0, 0.05) is 0 Å². The van der Waals surface area contributed by atoms with Crippen LogP contribution in [0.5, 0.6) is 0 Å². The fourth-order valence-electron chi connectivity index (χ4n) is 3.51. The summed E-state index contributed by atoms with van der Waals surface area (Å²) >= 11 is 24.2. The van der Waals surface area contributed by atoms with Gasteiger partial charge in [-0.3, -0.25) is 9.59 Å². The minimum Gasteiger partial charge on any atom is -0.480 e. The third kappa shape index (κ3) is 9.07. The number of carboxylic acids is 1. The lowest BCUT2D eigenvalue weighted by Gasteiger charge is -2.19. The summed E-state index contributed by atoms with van der Waals surface area (Å²) in [5, 5.41) is 15.1. The van der Waals surface area contributed by atoms with E-state index in [1.807, 2.05) is 0 Å². The summed E-state index contributed by atoms with van der Waals surface area (Å²) < 4.78 is 5.07. The minimum atomic E-state index is -1.20. The van der Waals surface area contributed by atoms with Gasteiger partial charge in [0.15, 0.2) is 0 Å². The molecule has 0 aliphatic heterocycles. The number of carbonyl (C=O) groups excluding carboxylic acids is 3. The van der Waals surface area contributed by atoms with Gasteiger partial charge in [-0.05, 0) is 44.0 Å². The number of carbonyl (C=O) groups is 4. The molecule has 0 aliphatic carbocycles. The molecule has 2 atom stereocenters. The number of amides is 2. The summed E-state index contributed by atoms with van der Waals surface area (Å²) in [7, 11) is 0. The highest BCUT2D eigenvalue weighted by molar-refractivity contribution is 6.40. The molecule has 3 N–H and O–H groups in total. The summed E-state index contributed by atoms with van der Waals surface area (Å²) in [5.74, 6) is -3.11. The Labute approximate surface area is 234 Å². The number of rotatable bonds is 13. The van der Waals surface area contributed by atoms with Crippen LogP contribution in [0.2, 0.25) is 20.1 Å². The Hall–Kier alpha value is -2.52. The van der Waals surface area contributed by atoms with Gasteiger partial charge >= 0.3 is 11.9 Å². The van der Waals surface area contributed by atoms with Crippen molar-refractivity contribution in [2.75, 3.05) is 6.61 Å². The van der Waals surface area contributed by atoms with Crippen LogP contribution in [0, 0.1) is 0 Å². The maximum atomic E-state index is 12.7. The fourth-order valence-corrected chi connectivity index (χ4v) is 4.65. The summed E-state index contributed by atoms with van der Waals surface area (Å²) in [4.78, 5) is 49.3. The van der Waals surface area contributed by atoms with Crippen LogP contribution in [0.1, 0.15) is 59.7 Å². The van der Waals surface area contributed by atoms with E-state index < -0.39 is 35.8 Å². The van der Waals surface area contributed by atoms with E-state index in [9.17, 15) is 24.3 Å². The highest BCUT2D eigenvalue weighted by atomic mass is 35.5. The van der Waals surface area contributed by atoms with Gasteiger partial charge in [-0.1, -0.05) is 77.8 Å². The Morgan fingerprint density at radius 2 is 1.16 bits per heavy atom. The van der Waals surface area contributed by atoms with Crippen LogP contribution < -0.4 is 10.6 Å². The van der Waals surface area contributed by atoms with E-state index in [-0.39, 0.29) is 50.7 Å². The average Bonchev–Trinajstić information content (AvgIpc) is 2.82. The molecule has 37 heavy (non-hydrogen) atoms. The van der Waals surface area contributed by atoms with Crippen molar-refractivity contribution < 1.29 is 29.0 Å². The van der Waals surface area contributed by atoms with Crippen LogP contribution in [0.25, 0.3) is 0 Å². The SMILES string of the molecule is CCOC(=O)C(CCCCCC(NC(=O)c1c(Cl)cccc1Cl)C(=O)O)NC(=O)c1c(Cl)cccc1Cl. The molecule has 0 aliphatic rings. The first-order chi connectivity index (χ1) is 17.6. The van der Waals surface area contributed by atoms with Gasteiger partial charge in [-0.15, -0.1) is 0 Å². The molecule has 2 aromatic rings. The van der Waals surface area contributed by atoms with Crippen molar-refractivity contribution in [2.24, 2.45) is 0 Å². The lowest BCUT2D eigenvalue weighted by Crippen LogP contribution is -2.42. The van der Waals surface area contributed by atoms with Crippen LogP contribution in [0.4, 0.5) is 0 Å². The molecule has 2 rings (SSSR count). The van der Waals surface area contributed by atoms with Crippen LogP contribution >= 0.6 is 46.4 Å². The largest absolute Gasteiger partial charge is 0.480 e. The first-order valence-corrected chi connectivity index (χ1v) is 13.0. The molecular weight excluding hydrogens is 566 g/mol. The third-order valence-electron chi connectivity index (χ3n) is 5.35. The van der Waals surface area contributed by atoms with E-state index in [0.717, 1.165) is 0 Å². The molecule has 0 heterocycles. The molecule has 0 saturated heterocycles.